The molecule has 1 aliphatic carbocycles. The fourth-order valence-electron chi connectivity index (χ4n) is 15.2. The second-order valence-electron chi connectivity index (χ2n) is 29.0. The van der Waals surface area contributed by atoms with Gasteiger partial charge in [0.1, 0.15) is 37.6 Å². The van der Waals surface area contributed by atoms with E-state index in [-0.39, 0.29) is 85.9 Å². The maximum atomic E-state index is 14.5. The molecule has 7 N–H and O–H groups in total. The molecule has 6 aromatic rings. The van der Waals surface area contributed by atoms with Crippen molar-refractivity contribution in [3.05, 3.63) is 192 Å². The fraction of sp³-hybridized carbons (Fsp3) is 0.432. The van der Waals surface area contributed by atoms with Crippen LogP contribution in [0.3, 0.4) is 0 Å². The van der Waals surface area contributed by atoms with Crippen molar-refractivity contribution in [1.29, 1.82) is 0 Å². The summed E-state index contributed by atoms with van der Waals surface area (Å²) in [6.45, 7) is 20.4. The van der Waals surface area contributed by atoms with Gasteiger partial charge in [-0.05, 0) is 154 Å². The highest BCUT2D eigenvalue weighted by atomic mass is 32.2. The number of aryl methyl sites for hydroxylation is 1. The number of allylic oxidation sites excluding steroid dienone is 7. The van der Waals surface area contributed by atoms with Crippen molar-refractivity contribution in [2.24, 2.45) is 11.7 Å². The van der Waals surface area contributed by atoms with Crippen LogP contribution in [0.15, 0.2) is 148 Å². The van der Waals surface area contributed by atoms with E-state index in [9.17, 15) is 46.8 Å². The zero-order valence-corrected chi connectivity index (χ0v) is 62.7. The first-order valence-electron chi connectivity index (χ1n) is 36.5. The van der Waals surface area contributed by atoms with Gasteiger partial charge in [-0.25, -0.2) is 23.0 Å². The standard InChI is InChI=1S/C81H97N9O12S2/c1-10-13-41-88-65-27-16-14-24-60(65)79(6,7)68(88)37-31-52-22-20-23-53(32-38-69-80(8,9)61-25-15-17-28-66(61)89(69)42-18-19-44-104(98,99)100)73(52)103-43-39-70(91)87-71(50(4)5)75(93)86-64(26-21-40-83-78(82)96)74(92)84-54-33-29-51(30-34-54)48-101-55-35-36-63-57(45-55)56(11-2)58-47-90-67(72(58)85-63)46-62-59(76(90)94)49-102-77(95)81(62,97)12-3/h14-17,24-25,27-38,45-46,50,64,71,97H,10-13,18-23,26,39-44,47-49H2,1-9H3,(H6-,82,83,84,86,87,91,92,93,96,98,99,100)/t64-,71-,81-/m0/s1. The molecular formula is C81H97N9O12S2. The summed E-state index contributed by atoms with van der Waals surface area (Å²) in [5, 5.41) is 23.7. The van der Waals surface area contributed by atoms with Gasteiger partial charge < -0.3 is 55.6 Å². The Morgan fingerprint density at radius 1 is 0.856 bits per heavy atom. The quantitative estimate of drug-likeness (QED) is 0.0106. The summed E-state index contributed by atoms with van der Waals surface area (Å²) in [6, 6.07) is 28.5. The number of aromatic nitrogens is 2. The van der Waals surface area contributed by atoms with E-state index in [1.165, 1.54) is 16.9 Å². The minimum Gasteiger partial charge on any atom is -0.748 e. The highest BCUT2D eigenvalue weighted by molar-refractivity contribution is 8.03. The summed E-state index contributed by atoms with van der Waals surface area (Å²) in [5.74, 6) is -1.97. The topological polar surface area (TPSA) is 297 Å². The number of benzene rings is 4. The number of fused-ring (bicyclic) bond motifs is 7. The second kappa shape index (κ2) is 32.1. The third-order valence-corrected chi connectivity index (χ3v) is 22.9. The lowest BCUT2D eigenvalue weighted by molar-refractivity contribution is -0.438. The molecule has 11 rings (SSSR count). The van der Waals surface area contributed by atoms with Crippen LogP contribution in [0.1, 0.15) is 172 Å². The first-order valence-corrected chi connectivity index (χ1v) is 39.0. The summed E-state index contributed by atoms with van der Waals surface area (Å²) in [7, 11) is -4.35. The number of pyridine rings is 2. The lowest BCUT2D eigenvalue weighted by atomic mass is 9.81. The average molecular weight is 1450 g/mol. The molecule has 0 saturated carbocycles. The van der Waals surface area contributed by atoms with Gasteiger partial charge >= 0.3 is 12.0 Å². The van der Waals surface area contributed by atoms with Crippen LogP contribution < -0.4 is 42.2 Å². The number of anilines is 2. The molecule has 0 saturated heterocycles. The van der Waals surface area contributed by atoms with Gasteiger partial charge in [0.05, 0.1) is 44.5 Å². The molecule has 6 heterocycles. The number of thioether (sulfide) groups is 1. The van der Waals surface area contributed by atoms with Gasteiger partial charge in [0.25, 0.3) is 5.56 Å². The number of cyclic esters (lactones) is 1. The molecule has 4 aliphatic heterocycles. The molecule has 5 aliphatic rings. The number of aliphatic hydroxyl groups is 1. The number of para-hydroxylation sites is 2. The molecule has 0 radical (unpaired) electrons. The number of urea groups is 1. The number of rotatable bonds is 30. The minimum atomic E-state index is -4.35. The number of hydrogen-bond donors (Lipinski definition) is 6. The molecule has 0 spiro atoms. The number of unbranched alkanes of at least 4 members (excludes halogenated alkanes) is 2. The number of hydrogen-bond acceptors (Lipinski definition) is 15. The number of carbonyl (C=O) groups excluding carboxylic acids is 5. The highest BCUT2D eigenvalue weighted by Crippen LogP contribution is 2.49. The number of amides is 5. The van der Waals surface area contributed by atoms with E-state index in [1.54, 1.807) is 41.5 Å². The normalized spacial score (nSPS) is 18.5. The smallest absolute Gasteiger partial charge is 0.343 e. The Bertz CT molecular complexity index is 4680. The third-order valence-electron chi connectivity index (χ3n) is 20.9. The van der Waals surface area contributed by atoms with Gasteiger partial charge in [-0.15, -0.1) is 11.8 Å². The first kappa shape index (κ1) is 76.0. The Labute approximate surface area is 613 Å². The fourth-order valence-corrected chi connectivity index (χ4v) is 16.9. The van der Waals surface area contributed by atoms with E-state index in [0.29, 0.717) is 59.9 Å². The maximum Gasteiger partial charge on any atom is 0.343 e. The van der Waals surface area contributed by atoms with Crippen molar-refractivity contribution in [1.82, 2.24) is 25.5 Å². The van der Waals surface area contributed by atoms with Crippen LogP contribution in [-0.4, -0.2) is 111 Å². The summed E-state index contributed by atoms with van der Waals surface area (Å²) in [4.78, 5) is 89.9. The number of nitrogens with one attached hydrogen (secondary N) is 4. The van der Waals surface area contributed by atoms with Crippen molar-refractivity contribution >= 4 is 85.3 Å². The molecule has 4 aromatic carbocycles. The summed E-state index contributed by atoms with van der Waals surface area (Å²) in [6.07, 6.45) is 15.5. The predicted molar refractivity (Wildman–Crippen MR) is 407 cm³/mol. The van der Waals surface area contributed by atoms with E-state index in [2.05, 4.69) is 126 Å². The molecule has 0 unspecified atom stereocenters. The zero-order chi connectivity index (χ0) is 74.4. The maximum absolute atomic E-state index is 14.5. The lowest BCUT2D eigenvalue weighted by Crippen LogP contribution is -2.54. The number of carbonyl (C=O) groups is 5. The van der Waals surface area contributed by atoms with Gasteiger partial charge in [0, 0.05) is 99.0 Å². The highest BCUT2D eigenvalue weighted by Gasteiger charge is 2.47. The van der Waals surface area contributed by atoms with Gasteiger partial charge in [-0.1, -0.05) is 116 Å². The van der Waals surface area contributed by atoms with Gasteiger partial charge in [-0.3, -0.25) is 19.2 Å². The van der Waals surface area contributed by atoms with Crippen molar-refractivity contribution in [2.45, 2.75) is 188 Å². The number of nitrogens with zero attached hydrogens (tertiary/aromatic N) is 4. The predicted octanol–water partition coefficient (Wildman–Crippen LogP) is 12.2. The van der Waals surface area contributed by atoms with Crippen LogP contribution in [-0.2, 0) is 76.6 Å². The van der Waals surface area contributed by atoms with E-state index in [0.717, 1.165) is 93.7 Å². The molecule has 0 fully saturated rings. The number of ether oxygens (including phenoxy) is 2. The molecular weight excluding hydrogens is 1360 g/mol. The van der Waals surface area contributed by atoms with Crippen LogP contribution in [0, 0.1) is 5.92 Å². The Morgan fingerprint density at radius 3 is 2.33 bits per heavy atom. The Kier molecular flexibility index (Phi) is 23.4. The SMILES string of the molecule is CCCCN1/C(=C/C=C2\CCCC(/C=C/C3=[N+](CCCCS(=O)(=O)[O-])c4ccccc4C3(C)C)=C2SCCC(=O)N[C@H](C(=O)N[C@@H](CCCNC(N)=O)C(=O)Nc2ccc(COc3ccc4nc5c(c(CC)c4c3)Cn3c-5cc4c(c3=O)COC(=O)[C@]4(O)CC)cc2)C(C)C)C(C)(C)c2ccccc21. The molecule has 23 heteroatoms. The van der Waals surface area contributed by atoms with E-state index < -0.39 is 62.8 Å². The van der Waals surface area contributed by atoms with Gasteiger partial charge in [0.15, 0.2) is 11.3 Å². The first-order chi connectivity index (χ1) is 49.7. The molecule has 104 heavy (non-hydrogen) atoms. The van der Waals surface area contributed by atoms with Crippen molar-refractivity contribution in [3.63, 3.8) is 0 Å². The molecule has 3 atom stereocenters. The summed E-state index contributed by atoms with van der Waals surface area (Å²) < 4.78 is 50.3. The van der Waals surface area contributed by atoms with Gasteiger partial charge in [-0.2, -0.15) is 4.58 Å². The van der Waals surface area contributed by atoms with Crippen molar-refractivity contribution < 1.29 is 56.1 Å². The lowest BCUT2D eigenvalue weighted by Gasteiger charge is -2.31. The second-order valence-corrected chi connectivity index (χ2v) is 31.6. The molecule has 5 amide bonds. The van der Waals surface area contributed by atoms with Crippen molar-refractivity contribution in [2.75, 3.05) is 41.4 Å². The number of nitrogens with two attached hydrogens (primary N) is 1. The Balaban J connectivity index is 0.773. The summed E-state index contributed by atoms with van der Waals surface area (Å²) in [5.41, 5.74) is 17.2. The molecule has 550 valence electrons. The monoisotopic (exact) mass is 1450 g/mol. The van der Waals surface area contributed by atoms with Crippen LogP contribution >= 0.6 is 11.8 Å². The Morgan fingerprint density at radius 2 is 1.61 bits per heavy atom. The van der Waals surface area contributed by atoms with Crippen LogP contribution in [0.25, 0.3) is 22.3 Å². The Hall–Kier alpha value is -9.16. The third kappa shape index (κ3) is 16.2. The number of esters is 1. The van der Waals surface area contributed by atoms with E-state index in [1.807, 2.05) is 63.2 Å². The van der Waals surface area contributed by atoms with E-state index in [4.69, 9.17) is 20.2 Å². The molecule has 2 aromatic heterocycles. The zero-order valence-electron chi connectivity index (χ0n) is 61.0. The average Bonchev–Trinajstić information content (AvgIpc) is 1.53. The van der Waals surface area contributed by atoms with E-state index >= 15 is 0 Å². The van der Waals surface area contributed by atoms with Crippen molar-refractivity contribution in [3.8, 4) is 17.1 Å². The van der Waals surface area contributed by atoms with Crippen LogP contribution in [0.5, 0.6) is 5.75 Å². The van der Waals surface area contributed by atoms with Crippen LogP contribution in [0.4, 0.5) is 21.9 Å². The summed E-state index contributed by atoms with van der Waals surface area (Å²) >= 11 is 1.62. The molecule has 21 nitrogen and oxygen atoms in total. The largest absolute Gasteiger partial charge is 0.748 e. The molecule has 0 bridgehead atoms. The van der Waals surface area contributed by atoms with Crippen LogP contribution in [0.2, 0.25) is 0 Å². The number of primary amides is 1. The minimum absolute atomic E-state index is 0.0439. The van der Waals surface area contributed by atoms with Gasteiger partial charge in [0.2, 0.25) is 23.4 Å².